The molecule has 1 aliphatic heterocycles. The third kappa shape index (κ3) is 5.62. The summed E-state index contributed by atoms with van der Waals surface area (Å²) in [4.78, 5) is 26.2. The second-order valence-corrected chi connectivity index (χ2v) is 7.16. The van der Waals surface area contributed by atoms with Crippen LogP contribution in [0.4, 0.5) is 10.1 Å². The van der Waals surface area contributed by atoms with E-state index in [1.165, 1.54) is 25.1 Å². The van der Waals surface area contributed by atoms with Gasteiger partial charge in [-0.25, -0.2) is 4.39 Å². The molecule has 1 atom stereocenters. The van der Waals surface area contributed by atoms with E-state index in [2.05, 4.69) is 21.6 Å². The molecule has 154 valence electrons. The van der Waals surface area contributed by atoms with E-state index in [1.807, 2.05) is 25.1 Å². The first-order valence-corrected chi connectivity index (χ1v) is 9.68. The summed E-state index contributed by atoms with van der Waals surface area (Å²) in [5.74, 6) is -1.43. The van der Waals surface area contributed by atoms with E-state index < -0.39 is 11.7 Å². The maximum atomic E-state index is 14.2. The van der Waals surface area contributed by atoms with Crippen molar-refractivity contribution in [3.63, 3.8) is 0 Å². The summed E-state index contributed by atoms with van der Waals surface area (Å²) >= 11 is 0. The van der Waals surface area contributed by atoms with Crippen LogP contribution in [0.1, 0.15) is 34.5 Å². The zero-order chi connectivity index (χ0) is 20.8. The van der Waals surface area contributed by atoms with E-state index >= 15 is 0 Å². The number of aryl methyl sites for hydroxylation is 1. The molecule has 1 fully saturated rings. The maximum absolute atomic E-state index is 14.2. The predicted molar refractivity (Wildman–Crippen MR) is 109 cm³/mol. The minimum Gasteiger partial charge on any atom is -0.379 e. The Morgan fingerprint density at radius 2 is 1.93 bits per heavy atom. The lowest BCUT2D eigenvalue weighted by molar-refractivity contribution is -0.114. The molecule has 1 heterocycles. The molecule has 1 aliphatic rings. The van der Waals surface area contributed by atoms with Crippen molar-refractivity contribution < 1.29 is 18.7 Å². The Bertz CT molecular complexity index is 881. The summed E-state index contributed by atoms with van der Waals surface area (Å²) in [5, 5.41) is 5.43. The van der Waals surface area contributed by atoms with Gasteiger partial charge in [0.25, 0.3) is 5.91 Å². The van der Waals surface area contributed by atoms with Crippen molar-refractivity contribution >= 4 is 17.5 Å². The van der Waals surface area contributed by atoms with Gasteiger partial charge in [-0.3, -0.25) is 14.5 Å². The van der Waals surface area contributed by atoms with Crippen molar-refractivity contribution in [3.05, 3.63) is 65.0 Å². The largest absolute Gasteiger partial charge is 0.379 e. The SMILES string of the molecule is CC(=O)Nc1ccc(F)c(C(=O)NCC(c2cccc(C)c2)N2CCOCC2)c1. The molecular weight excluding hydrogens is 373 g/mol. The fourth-order valence-electron chi connectivity index (χ4n) is 3.49. The molecule has 0 saturated carbocycles. The van der Waals surface area contributed by atoms with Gasteiger partial charge in [0.2, 0.25) is 5.91 Å². The smallest absolute Gasteiger partial charge is 0.254 e. The Balaban J connectivity index is 1.76. The summed E-state index contributed by atoms with van der Waals surface area (Å²) in [6.07, 6.45) is 0. The molecule has 0 aliphatic carbocycles. The number of carbonyl (C=O) groups excluding carboxylic acids is 2. The molecule has 2 aromatic rings. The van der Waals surface area contributed by atoms with Crippen LogP contribution in [0.2, 0.25) is 0 Å². The highest BCUT2D eigenvalue weighted by molar-refractivity contribution is 5.97. The minimum atomic E-state index is -0.630. The number of benzene rings is 2. The van der Waals surface area contributed by atoms with E-state index in [1.54, 1.807) is 0 Å². The number of halogens is 1. The molecule has 3 rings (SSSR count). The second kappa shape index (κ2) is 9.62. The lowest BCUT2D eigenvalue weighted by atomic mass is 10.0. The molecule has 0 spiro atoms. The Kier molecular flexibility index (Phi) is 6.95. The third-order valence-electron chi connectivity index (χ3n) is 4.90. The van der Waals surface area contributed by atoms with Crippen molar-refractivity contribution in [2.75, 3.05) is 38.2 Å². The van der Waals surface area contributed by atoms with Crippen molar-refractivity contribution in [2.24, 2.45) is 0 Å². The number of amides is 2. The topological polar surface area (TPSA) is 70.7 Å². The van der Waals surface area contributed by atoms with Gasteiger partial charge in [-0.2, -0.15) is 0 Å². The number of morpholine rings is 1. The fourth-order valence-corrected chi connectivity index (χ4v) is 3.49. The minimum absolute atomic E-state index is 0.0376. The first-order chi connectivity index (χ1) is 13.9. The van der Waals surface area contributed by atoms with Gasteiger partial charge in [-0.15, -0.1) is 0 Å². The summed E-state index contributed by atoms with van der Waals surface area (Å²) in [6.45, 7) is 6.54. The zero-order valence-electron chi connectivity index (χ0n) is 16.7. The second-order valence-electron chi connectivity index (χ2n) is 7.16. The van der Waals surface area contributed by atoms with Crippen LogP contribution >= 0.6 is 0 Å². The molecule has 1 unspecified atom stereocenters. The van der Waals surface area contributed by atoms with Gasteiger partial charge in [0.15, 0.2) is 0 Å². The number of rotatable bonds is 6. The summed E-state index contributed by atoms with van der Waals surface area (Å²) in [7, 11) is 0. The summed E-state index contributed by atoms with van der Waals surface area (Å²) in [6, 6.07) is 12.1. The Labute approximate surface area is 170 Å². The highest BCUT2D eigenvalue weighted by Crippen LogP contribution is 2.23. The molecular formula is C22H26FN3O3. The molecule has 0 aromatic heterocycles. The van der Waals surface area contributed by atoms with Crippen LogP contribution in [-0.2, 0) is 9.53 Å². The average Bonchev–Trinajstić information content (AvgIpc) is 2.70. The molecule has 29 heavy (non-hydrogen) atoms. The molecule has 2 amide bonds. The highest BCUT2D eigenvalue weighted by atomic mass is 19.1. The molecule has 6 nitrogen and oxygen atoms in total. The van der Waals surface area contributed by atoms with Gasteiger partial charge in [-0.1, -0.05) is 29.8 Å². The average molecular weight is 399 g/mol. The van der Waals surface area contributed by atoms with E-state index in [0.717, 1.165) is 24.2 Å². The van der Waals surface area contributed by atoms with E-state index in [9.17, 15) is 14.0 Å². The Morgan fingerprint density at radius 1 is 1.17 bits per heavy atom. The number of nitrogens with one attached hydrogen (secondary N) is 2. The van der Waals surface area contributed by atoms with Gasteiger partial charge in [0.05, 0.1) is 24.8 Å². The van der Waals surface area contributed by atoms with Crippen LogP contribution in [-0.4, -0.2) is 49.6 Å². The number of hydrogen-bond donors (Lipinski definition) is 2. The van der Waals surface area contributed by atoms with Crippen molar-refractivity contribution in [3.8, 4) is 0 Å². The van der Waals surface area contributed by atoms with Gasteiger partial charge < -0.3 is 15.4 Å². The zero-order valence-corrected chi connectivity index (χ0v) is 16.7. The number of carbonyl (C=O) groups is 2. The van der Waals surface area contributed by atoms with Crippen molar-refractivity contribution in [1.29, 1.82) is 0 Å². The number of anilines is 1. The van der Waals surface area contributed by atoms with Crippen LogP contribution in [0, 0.1) is 12.7 Å². The summed E-state index contributed by atoms with van der Waals surface area (Å²) in [5.41, 5.74) is 2.52. The normalized spacial score (nSPS) is 15.6. The lowest BCUT2D eigenvalue weighted by Crippen LogP contribution is -2.44. The molecule has 0 bridgehead atoms. The maximum Gasteiger partial charge on any atom is 0.254 e. The van der Waals surface area contributed by atoms with Gasteiger partial charge >= 0.3 is 0 Å². The third-order valence-corrected chi connectivity index (χ3v) is 4.90. The van der Waals surface area contributed by atoms with Gasteiger partial charge in [0.1, 0.15) is 5.82 Å². The molecule has 1 saturated heterocycles. The van der Waals surface area contributed by atoms with Gasteiger partial charge in [0, 0.05) is 32.2 Å². The van der Waals surface area contributed by atoms with Crippen LogP contribution in [0.3, 0.4) is 0 Å². The van der Waals surface area contributed by atoms with E-state index in [-0.39, 0.29) is 17.5 Å². The standard InChI is InChI=1S/C22H26FN3O3/c1-15-4-3-5-17(12-15)21(26-8-10-29-11-9-26)14-24-22(28)19-13-18(25-16(2)27)6-7-20(19)23/h3-7,12-13,21H,8-11,14H2,1-2H3,(H,24,28)(H,25,27). The first-order valence-electron chi connectivity index (χ1n) is 9.68. The summed E-state index contributed by atoms with van der Waals surface area (Å²) < 4.78 is 19.7. The molecule has 2 N–H and O–H groups in total. The molecule has 2 aromatic carbocycles. The predicted octanol–water partition coefficient (Wildman–Crippen LogP) is 2.90. The van der Waals surface area contributed by atoms with Crippen LogP contribution in [0.5, 0.6) is 0 Å². The molecule has 7 heteroatoms. The first kappa shape index (κ1) is 21.0. The number of ether oxygens (including phenoxy) is 1. The monoisotopic (exact) mass is 399 g/mol. The Hall–Kier alpha value is -2.77. The molecule has 0 radical (unpaired) electrons. The van der Waals surface area contributed by atoms with Crippen LogP contribution < -0.4 is 10.6 Å². The van der Waals surface area contributed by atoms with Crippen molar-refractivity contribution in [2.45, 2.75) is 19.9 Å². The highest BCUT2D eigenvalue weighted by Gasteiger charge is 2.24. The van der Waals surface area contributed by atoms with Crippen LogP contribution in [0.25, 0.3) is 0 Å². The Morgan fingerprint density at radius 3 is 2.62 bits per heavy atom. The lowest BCUT2D eigenvalue weighted by Gasteiger charge is -2.35. The fraction of sp³-hybridized carbons (Fsp3) is 0.364. The number of nitrogens with zero attached hydrogens (tertiary/aromatic N) is 1. The number of hydrogen-bond acceptors (Lipinski definition) is 4. The van der Waals surface area contributed by atoms with Crippen molar-refractivity contribution in [1.82, 2.24) is 10.2 Å². The van der Waals surface area contributed by atoms with E-state index in [4.69, 9.17) is 4.74 Å². The van der Waals surface area contributed by atoms with Crippen LogP contribution in [0.15, 0.2) is 42.5 Å². The van der Waals surface area contributed by atoms with E-state index in [0.29, 0.717) is 25.4 Å². The van der Waals surface area contributed by atoms with Gasteiger partial charge in [-0.05, 0) is 30.7 Å². The quantitative estimate of drug-likeness (QED) is 0.784.